The van der Waals surface area contributed by atoms with Gasteiger partial charge in [0.1, 0.15) is 16.6 Å². The van der Waals surface area contributed by atoms with Gasteiger partial charge in [0.2, 0.25) is 0 Å². The molecule has 0 unspecified atom stereocenters. The zero-order chi connectivity index (χ0) is 15.7. The van der Waals surface area contributed by atoms with Gasteiger partial charge in [-0.2, -0.15) is 5.10 Å². The molecule has 0 saturated heterocycles. The van der Waals surface area contributed by atoms with Crippen molar-refractivity contribution in [3.8, 4) is 22.0 Å². The quantitative estimate of drug-likeness (QED) is 0.782. The predicted molar refractivity (Wildman–Crippen MR) is 91.8 cm³/mol. The van der Waals surface area contributed by atoms with E-state index in [2.05, 4.69) is 18.1 Å². The average Bonchev–Trinajstić information content (AvgIpc) is 3.04. The molecule has 0 aliphatic heterocycles. The number of ether oxygens (including phenoxy) is 1. The largest absolute Gasteiger partial charge is 0.491 e. The second-order valence-electron chi connectivity index (χ2n) is 5.47. The highest BCUT2D eigenvalue weighted by molar-refractivity contribution is 7.12. The number of aromatic nitrogens is 2. The highest BCUT2D eigenvalue weighted by Crippen LogP contribution is 2.29. The average molecular weight is 313 g/mol. The summed E-state index contributed by atoms with van der Waals surface area (Å²) in [6, 6.07) is 11.9. The Morgan fingerprint density at radius 2 is 2.05 bits per heavy atom. The van der Waals surface area contributed by atoms with Crippen molar-refractivity contribution in [2.24, 2.45) is 0 Å². The summed E-state index contributed by atoms with van der Waals surface area (Å²) < 4.78 is 7.54. The van der Waals surface area contributed by atoms with Gasteiger partial charge in [0, 0.05) is 11.6 Å². The Kier molecular flexibility index (Phi) is 3.90. The molecule has 0 fully saturated rings. The van der Waals surface area contributed by atoms with Gasteiger partial charge in [0.05, 0.1) is 11.8 Å². The molecule has 0 radical (unpaired) electrons. The summed E-state index contributed by atoms with van der Waals surface area (Å²) >= 11 is 1.63. The number of anilines is 1. The Bertz CT molecular complexity index is 789. The lowest BCUT2D eigenvalue weighted by Gasteiger charge is -2.10. The molecule has 0 bridgehead atoms. The fraction of sp³-hybridized carbons (Fsp3) is 0.235. The third kappa shape index (κ3) is 2.85. The van der Waals surface area contributed by atoms with Crippen molar-refractivity contribution in [1.82, 2.24) is 9.78 Å². The van der Waals surface area contributed by atoms with Crippen molar-refractivity contribution in [2.45, 2.75) is 26.9 Å². The van der Waals surface area contributed by atoms with E-state index in [9.17, 15) is 0 Å². The van der Waals surface area contributed by atoms with E-state index in [0.717, 1.165) is 22.0 Å². The molecule has 5 heteroatoms. The molecule has 3 rings (SSSR count). The predicted octanol–water partition coefficient (Wildman–Crippen LogP) is 4.28. The Hall–Kier alpha value is -2.27. The third-order valence-electron chi connectivity index (χ3n) is 3.27. The lowest BCUT2D eigenvalue weighted by molar-refractivity contribution is 0.242. The summed E-state index contributed by atoms with van der Waals surface area (Å²) in [4.78, 5) is 0. The van der Waals surface area contributed by atoms with E-state index in [-0.39, 0.29) is 6.10 Å². The molecule has 0 saturated carbocycles. The summed E-state index contributed by atoms with van der Waals surface area (Å²) in [6.45, 7) is 6.08. The molecular formula is C17H19N3OS. The maximum absolute atomic E-state index is 6.13. The van der Waals surface area contributed by atoms with Crippen molar-refractivity contribution >= 4 is 17.2 Å². The second kappa shape index (κ2) is 5.85. The Labute approximate surface area is 134 Å². The van der Waals surface area contributed by atoms with Gasteiger partial charge in [-0.3, -0.25) is 0 Å². The number of nitrogens with zero attached hydrogens (tertiary/aromatic N) is 2. The number of rotatable bonds is 4. The van der Waals surface area contributed by atoms with E-state index in [0.29, 0.717) is 5.82 Å². The monoisotopic (exact) mass is 313 g/mol. The molecule has 4 nitrogen and oxygen atoms in total. The van der Waals surface area contributed by atoms with Gasteiger partial charge in [-0.25, -0.2) is 4.68 Å². The zero-order valence-electron chi connectivity index (χ0n) is 12.9. The van der Waals surface area contributed by atoms with Crippen molar-refractivity contribution in [1.29, 1.82) is 0 Å². The number of hydrogen-bond donors (Lipinski definition) is 1. The van der Waals surface area contributed by atoms with Crippen LogP contribution in [0.15, 0.2) is 41.8 Å². The molecular weight excluding hydrogens is 294 g/mol. The molecule has 0 aliphatic rings. The smallest absolute Gasteiger partial charge is 0.128 e. The van der Waals surface area contributed by atoms with Crippen molar-refractivity contribution in [3.63, 3.8) is 0 Å². The topological polar surface area (TPSA) is 53.1 Å². The number of nitrogen functional groups attached to an aromatic ring is 1. The van der Waals surface area contributed by atoms with E-state index >= 15 is 0 Å². The fourth-order valence-corrected chi connectivity index (χ4v) is 3.18. The van der Waals surface area contributed by atoms with Gasteiger partial charge >= 0.3 is 0 Å². The van der Waals surface area contributed by atoms with Crippen LogP contribution < -0.4 is 10.5 Å². The molecule has 2 aromatic heterocycles. The zero-order valence-corrected chi connectivity index (χ0v) is 13.7. The maximum atomic E-state index is 6.13. The molecule has 0 atom stereocenters. The van der Waals surface area contributed by atoms with Crippen LogP contribution in [0.5, 0.6) is 5.75 Å². The number of hydrogen-bond acceptors (Lipinski definition) is 4. The minimum Gasteiger partial charge on any atom is -0.491 e. The van der Waals surface area contributed by atoms with Gasteiger partial charge in [-0.1, -0.05) is 12.1 Å². The Morgan fingerprint density at radius 1 is 1.23 bits per heavy atom. The fourth-order valence-electron chi connectivity index (χ4n) is 2.28. The van der Waals surface area contributed by atoms with Crippen LogP contribution >= 0.6 is 11.3 Å². The molecule has 2 N–H and O–H groups in total. The minimum atomic E-state index is 0.145. The van der Waals surface area contributed by atoms with Crippen LogP contribution in [0.1, 0.15) is 19.4 Å². The van der Waals surface area contributed by atoms with Crippen LogP contribution in [0.2, 0.25) is 0 Å². The van der Waals surface area contributed by atoms with Gasteiger partial charge in [0.15, 0.2) is 0 Å². The first-order chi connectivity index (χ1) is 10.5. The number of thiophene rings is 1. The van der Waals surface area contributed by atoms with E-state index < -0.39 is 0 Å². The number of benzene rings is 1. The lowest BCUT2D eigenvalue weighted by Crippen LogP contribution is -2.05. The second-order valence-corrected chi connectivity index (χ2v) is 6.36. The SMILES string of the molecule is Cc1ccsc1-n1nc(-c2cccc(OC(C)C)c2)cc1N. The van der Waals surface area contributed by atoms with Gasteiger partial charge in [-0.05, 0) is 49.9 Å². The number of aryl methyl sites for hydroxylation is 1. The first-order valence-corrected chi connectivity index (χ1v) is 8.09. The molecule has 22 heavy (non-hydrogen) atoms. The first kappa shape index (κ1) is 14.7. The summed E-state index contributed by atoms with van der Waals surface area (Å²) in [5.74, 6) is 1.48. The molecule has 3 aromatic rings. The first-order valence-electron chi connectivity index (χ1n) is 7.21. The van der Waals surface area contributed by atoms with Gasteiger partial charge < -0.3 is 10.5 Å². The van der Waals surface area contributed by atoms with E-state index in [1.165, 1.54) is 5.56 Å². The highest BCUT2D eigenvalue weighted by Gasteiger charge is 2.12. The van der Waals surface area contributed by atoms with Gasteiger partial charge in [0.25, 0.3) is 0 Å². The Balaban J connectivity index is 1.98. The van der Waals surface area contributed by atoms with Crippen molar-refractivity contribution in [2.75, 3.05) is 5.73 Å². The standard InChI is InChI=1S/C17H19N3OS/c1-11(2)21-14-6-4-5-13(9-14)15-10-16(18)20(19-15)17-12(3)7-8-22-17/h4-11H,18H2,1-3H3. The molecule has 114 valence electrons. The number of nitrogens with two attached hydrogens (primary N) is 1. The van der Waals surface area contributed by atoms with E-state index in [1.54, 1.807) is 16.0 Å². The van der Waals surface area contributed by atoms with E-state index in [1.807, 2.05) is 49.6 Å². The van der Waals surface area contributed by atoms with Crippen LogP contribution in [0.4, 0.5) is 5.82 Å². The van der Waals surface area contributed by atoms with Crippen molar-refractivity contribution in [3.05, 3.63) is 47.3 Å². The minimum absolute atomic E-state index is 0.145. The van der Waals surface area contributed by atoms with Crippen LogP contribution in [0, 0.1) is 6.92 Å². The maximum Gasteiger partial charge on any atom is 0.128 e. The normalized spacial score (nSPS) is 11.1. The van der Waals surface area contributed by atoms with Gasteiger partial charge in [-0.15, -0.1) is 11.3 Å². The van der Waals surface area contributed by atoms with E-state index in [4.69, 9.17) is 10.5 Å². The molecule has 0 aliphatic carbocycles. The molecule has 2 heterocycles. The highest BCUT2D eigenvalue weighted by atomic mass is 32.1. The lowest BCUT2D eigenvalue weighted by atomic mass is 10.1. The summed E-state index contributed by atoms with van der Waals surface area (Å²) in [5.41, 5.74) is 9.15. The summed E-state index contributed by atoms with van der Waals surface area (Å²) in [6.07, 6.45) is 0.145. The third-order valence-corrected chi connectivity index (χ3v) is 4.26. The summed E-state index contributed by atoms with van der Waals surface area (Å²) in [5, 5.41) is 7.75. The van der Waals surface area contributed by atoms with Crippen LogP contribution in [0.3, 0.4) is 0 Å². The van der Waals surface area contributed by atoms with Crippen LogP contribution in [-0.2, 0) is 0 Å². The molecule has 0 amide bonds. The molecule has 0 spiro atoms. The summed E-state index contributed by atoms with van der Waals surface area (Å²) in [7, 11) is 0. The molecule has 1 aromatic carbocycles. The Morgan fingerprint density at radius 3 is 2.73 bits per heavy atom. The van der Waals surface area contributed by atoms with Crippen LogP contribution in [-0.4, -0.2) is 15.9 Å². The van der Waals surface area contributed by atoms with Crippen LogP contribution in [0.25, 0.3) is 16.3 Å². The van der Waals surface area contributed by atoms with Crippen molar-refractivity contribution < 1.29 is 4.74 Å².